The van der Waals surface area contributed by atoms with Crippen LogP contribution in [0.25, 0.3) is 0 Å². The Kier molecular flexibility index (Phi) is 6.34. The fourth-order valence-electron chi connectivity index (χ4n) is 3.58. The van der Waals surface area contributed by atoms with Crippen molar-refractivity contribution >= 4 is 17.5 Å². The average molecular weight is 380 g/mol. The number of para-hydroxylation sites is 1. The number of amides is 2. The molecule has 0 heterocycles. The van der Waals surface area contributed by atoms with E-state index in [2.05, 4.69) is 5.32 Å². The maximum atomic E-state index is 12.9. The van der Waals surface area contributed by atoms with Gasteiger partial charge in [-0.1, -0.05) is 30.3 Å². The van der Waals surface area contributed by atoms with Crippen LogP contribution in [-0.2, 0) is 16.0 Å². The number of rotatable bonds is 8. The summed E-state index contributed by atoms with van der Waals surface area (Å²) in [5.41, 5.74) is 3.07. The number of hydrogen-bond donors (Lipinski definition) is 1. The van der Waals surface area contributed by atoms with Gasteiger partial charge in [-0.05, 0) is 56.0 Å². The lowest BCUT2D eigenvalue weighted by Gasteiger charge is -2.21. The molecule has 2 aromatic rings. The number of anilines is 1. The highest BCUT2D eigenvalue weighted by atomic mass is 16.5. The maximum absolute atomic E-state index is 12.9. The van der Waals surface area contributed by atoms with E-state index in [1.54, 1.807) is 12.0 Å². The summed E-state index contributed by atoms with van der Waals surface area (Å²) >= 11 is 0. The predicted molar refractivity (Wildman–Crippen MR) is 111 cm³/mol. The van der Waals surface area contributed by atoms with Crippen molar-refractivity contribution in [1.82, 2.24) is 5.32 Å². The van der Waals surface area contributed by atoms with Crippen LogP contribution in [0.4, 0.5) is 5.69 Å². The molecule has 2 atom stereocenters. The van der Waals surface area contributed by atoms with E-state index in [9.17, 15) is 9.59 Å². The smallest absolute Gasteiger partial charge is 0.230 e. The van der Waals surface area contributed by atoms with Gasteiger partial charge in [-0.15, -0.1) is 0 Å². The minimum Gasteiger partial charge on any atom is -0.496 e. The molecule has 3 rings (SSSR count). The molecule has 0 spiro atoms. The Labute approximate surface area is 166 Å². The van der Waals surface area contributed by atoms with Gasteiger partial charge < -0.3 is 15.0 Å². The van der Waals surface area contributed by atoms with Gasteiger partial charge in [0.05, 0.1) is 18.9 Å². The molecule has 5 heteroatoms. The minimum absolute atomic E-state index is 0.0338. The monoisotopic (exact) mass is 380 g/mol. The van der Waals surface area contributed by atoms with Crippen LogP contribution < -0.4 is 15.0 Å². The fourth-order valence-corrected chi connectivity index (χ4v) is 3.58. The van der Waals surface area contributed by atoms with Gasteiger partial charge in [0.15, 0.2) is 0 Å². The number of methoxy groups -OCH3 is 1. The second-order valence-corrected chi connectivity index (χ2v) is 7.22. The normalized spacial score (nSPS) is 17.7. The van der Waals surface area contributed by atoms with E-state index >= 15 is 0 Å². The highest BCUT2D eigenvalue weighted by molar-refractivity contribution is 6.01. The van der Waals surface area contributed by atoms with Gasteiger partial charge in [0.1, 0.15) is 5.75 Å². The number of nitrogens with one attached hydrogen (secondary N) is 1. The van der Waals surface area contributed by atoms with Gasteiger partial charge >= 0.3 is 0 Å². The van der Waals surface area contributed by atoms with Crippen molar-refractivity contribution in [2.75, 3.05) is 25.1 Å². The number of nitrogens with zero attached hydrogens (tertiary/aromatic N) is 1. The number of ether oxygens (including phenoxy) is 1. The number of carbonyl (C=O) groups excluding carboxylic acids is 2. The summed E-state index contributed by atoms with van der Waals surface area (Å²) in [6.07, 6.45) is 1.33. The van der Waals surface area contributed by atoms with Crippen LogP contribution in [0.3, 0.4) is 0 Å². The van der Waals surface area contributed by atoms with Gasteiger partial charge in [-0.2, -0.15) is 0 Å². The van der Waals surface area contributed by atoms with Gasteiger partial charge in [0, 0.05) is 18.8 Å². The number of hydrogen-bond acceptors (Lipinski definition) is 3. The topological polar surface area (TPSA) is 58.6 Å². The largest absolute Gasteiger partial charge is 0.496 e. The predicted octanol–water partition coefficient (Wildman–Crippen LogP) is 3.35. The summed E-state index contributed by atoms with van der Waals surface area (Å²) in [4.78, 5) is 27.1. The third-order valence-electron chi connectivity index (χ3n) is 5.23. The standard InChI is InChI=1S/C23H28N2O3/c1-4-25(18-10-7-8-16(2)14-18)23(27)20-15-19(20)22(26)24-13-12-17-9-5-6-11-21(17)28-3/h5-11,14,19-20H,4,12-13,15H2,1-3H3,(H,24,26). The molecule has 5 nitrogen and oxygen atoms in total. The molecule has 1 aliphatic carbocycles. The zero-order valence-electron chi connectivity index (χ0n) is 16.8. The molecule has 2 aromatic carbocycles. The van der Waals surface area contributed by atoms with Crippen molar-refractivity contribution in [3.63, 3.8) is 0 Å². The summed E-state index contributed by atoms with van der Waals surface area (Å²) in [6.45, 7) is 5.11. The maximum Gasteiger partial charge on any atom is 0.230 e. The molecule has 1 N–H and O–H groups in total. The Morgan fingerprint density at radius 1 is 1.14 bits per heavy atom. The van der Waals surface area contributed by atoms with Crippen LogP contribution in [0, 0.1) is 18.8 Å². The van der Waals surface area contributed by atoms with Crippen LogP contribution in [0.2, 0.25) is 0 Å². The molecule has 0 aromatic heterocycles. The van der Waals surface area contributed by atoms with Gasteiger partial charge in [-0.25, -0.2) is 0 Å². The molecule has 0 aliphatic heterocycles. The van der Waals surface area contributed by atoms with Crippen LogP contribution in [0.15, 0.2) is 48.5 Å². The Hall–Kier alpha value is -2.82. The van der Waals surface area contributed by atoms with Gasteiger partial charge in [-0.3, -0.25) is 9.59 Å². The Bertz CT molecular complexity index is 849. The first-order valence-electron chi connectivity index (χ1n) is 9.82. The van der Waals surface area contributed by atoms with Crippen molar-refractivity contribution in [1.29, 1.82) is 0 Å². The van der Waals surface area contributed by atoms with E-state index in [4.69, 9.17) is 4.74 Å². The number of benzene rings is 2. The minimum atomic E-state index is -0.218. The van der Waals surface area contributed by atoms with Crippen LogP contribution in [-0.4, -0.2) is 32.0 Å². The van der Waals surface area contributed by atoms with Crippen LogP contribution >= 0.6 is 0 Å². The Balaban J connectivity index is 1.52. The summed E-state index contributed by atoms with van der Waals surface area (Å²) in [5.74, 6) is 0.398. The summed E-state index contributed by atoms with van der Waals surface area (Å²) in [7, 11) is 1.64. The third kappa shape index (κ3) is 4.53. The summed E-state index contributed by atoms with van der Waals surface area (Å²) in [6, 6.07) is 15.7. The van der Waals surface area contributed by atoms with E-state index < -0.39 is 0 Å². The third-order valence-corrected chi connectivity index (χ3v) is 5.23. The van der Waals surface area contributed by atoms with Crippen molar-refractivity contribution in [3.8, 4) is 5.75 Å². The quantitative estimate of drug-likeness (QED) is 0.764. The first kappa shape index (κ1) is 19.9. The van der Waals surface area contributed by atoms with Crippen molar-refractivity contribution < 1.29 is 14.3 Å². The zero-order chi connectivity index (χ0) is 20.1. The first-order valence-corrected chi connectivity index (χ1v) is 9.82. The summed E-state index contributed by atoms with van der Waals surface area (Å²) < 4.78 is 5.34. The van der Waals surface area contributed by atoms with E-state index in [-0.39, 0.29) is 23.7 Å². The van der Waals surface area contributed by atoms with Crippen molar-refractivity contribution in [2.45, 2.75) is 26.7 Å². The van der Waals surface area contributed by atoms with E-state index in [1.807, 2.05) is 62.4 Å². The SMILES string of the molecule is CCN(C(=O)C1CC1C(=O)NCCc1ccccc1OC)c1cccc(C)c1. The number of aryl methyl sites for hydroxylation is 1. The molecule has 2 amide bonds. The average Bonchev–Trinajstić information content (AvgIpc) is 3.50. The van der Waals surface area contributed by atoms with E-state index in [1.165, 1.54) is 0 Å². The second-order valence-electron chi connectivity index (χ2n) is 7.22. The molecule has 1 fully saturated rings. The Morgan fingerprint density at radius 3 is 2.64 bits per heavy atom. The second kappa shape index (κ2) is 8.91. The lowest BCUT2D eigenvalue weighted by molar-refractivity contribution is -0.126. The van der Waals surface area contributed by atoms with Crippen LogP contribution in [0.1, 0.15) is 24.5 Å². The first-order chi connectivity index (χ1) is 13.5. The lowest BCUT2D eigenvalue weighted by Crippen LogP contribution is -2.34. The molecule has 2 unspecified atom stereocenters. The van der Waals surface area contributed by atoms with Crippen molar-refractivity contribution in [2.24, 2.45) is 11.8 Å². The van der Waals surface area contributed by atoms with E-state index in [0.717, 1.165) is 22.6 Å². The number of carbonyl (C=O) groups is 2. The molecule has 1 saturated carbocycles. The summed E-state index contributed by atoms with van der Waals surface area (Å²) in [5, 5.41) is 2.97. The highest BCUT2D eigenvalue weighted by Gasteiger charge is 2.49. The molecule has 0 bridgehead atoms. The molecule has 148 valence electrons. The van der Waals surface area contributed by atoms with Gasteiger partial charge in [0.2, 0.25) is 11.8 Å². The van der Waals surface area contributed by atoms with E-state index in [0.29, 0.717) is 25.9 Å². The van der Waals surface area contributed by atoms with Gasteiger partial charge in [0.25, 0.3) is 0 Å². The fraction of sp³-hybridized carbons (Fsp3) is 0.391. The molecule has 0 radical (unpaired) electrons. The lowest BCUT2D eigenvalue weighted by atomic mass is 10.1. The Morgan fingerprint density at radius 2 is 1.93 bits per heavy atom. The highest BCUT2D eigenvalue weighted by Crippen LogP contribution is 2.41. The van der Waals surface area contributed by atoms with Crippen molar-refractivity contribution in [3.05, 3.63) is 59.7 Å². The molecular weight excluding hydrogens is 352 g/mol. The molecule has 1 aliphatic rings. The molecule has 0 saturated heterocycles. The molecular formula is C23H28N2O3. The van der Waals surface area contributed by atoms with Crippen LogP contribution in [0.5, 0.6) is 5.75 Å². The molecule has 28 heavy (non-hydrogen) atoms. The zero-order valence-corrected chi connectivity index (χ0v) is 16.8.